The van der Waals surface area contributed by atoms with E-state index in [1.807, 2.05) is 0 Å². The molecule has 1 aromatic carbocycles. The number of hydrogen-bond donors (Lipinski definition) is 2. The molecule has 0 aromatic heterocycles. The van der Waals surface area contributed by atoms with Crippen LogP contribution in [0, 0.1) is 21.8 Å². The van der Waals surface area contributed by atoms with Crippen molar-refractivity contribution in [2.45, 2.75) is 62.8 Å². The third-order valence-corrected chi connectivity index (χ3v) is 5.86. The van der Waals surface area contributed by atoms with Gasteiger partial charge in [0.05, 0.1) is 0 Å². The summed E-state index contributed by atoms with van der Waals surface area (Å²) in [7, 11) is 0. The molecule has 7 nitrogen and oxygen atoms in total. The fourth-order valence-corrected chi connectivity index (χ4v) is 4.23. The molecule has 8 heteroatoms. The molecule has 4 rings (SSSR count). The van der Waals surface area contributed by atoms with Gasteiger partial charge in [-0.1, -0.05) is 18.2 Å². The zero-order valence-corrected chi connectivity index (χ0v) is 14.4. The fraction of sp³-hybridized carbons (Fsp3) is 0.611. The number of carbonyl (C=O) groups is 1. The van der Waals surface area contributed by atoms with E-state index in [1.54, 1.807) is 23.1 Å². The average molecular weight is 362 g/mol. The van der Waals surface area contributed by atoms with Crippen LogP contribution < -0.4 is 10.9 Å². The van der Waals surface area contributed by atoms with Gasteiger partial charge < -0.3 is 4.90 Å². The van der Waals surface area contributed by atoms with Crippen LogP contribution >= 0.6 is 0 Å². The molecule has 0 bridgehead atoms. The van der Waals surface area contributed by atoms with E-state index < -0.39 is 12.1 Å². The topological polar surface area (TPSA) is 87.5 Å². The Hall–Kier alpha value is -2.06. The van der Waals surface area contributed by atoms with Crippen molar-refractivity contribution in [2.24, 2.45) is 5.92 Å². The van der Waals surface area contributed by atoms with Crippen molar-refractivity contribution in [1.82, 2.24) is 15.8 Å². The number of halogens is 1. The SMILES string of the molecule is O=C(C1NNC2CCC([N+](=O)[O-])CC21)N(Cc1ccccc1F)C1CC1. The first-order valence-electron chi connectivity index (χ1n) is 9.23. The van der Waals surface area contributed by atoms with Gasteiger partial charge >= 0.3 is 0 Å². The second kappa shape index (κ2) is 6.92. The molecule has 1 amide bonds. The molecular formula is C18H23FN4O3. The van der Waals surface area contributed by atoms with Crippen LogP contribution in [0.2, 0.25) is 0 Å². The Bertz CT molecular complexity index is 711. The quantitative estimate of drug-likeness (QED) is 0.614. The van der Waals surface area contributed by atoms with E-state index in [2.05, 4.69) is 10.9 Å². The Balaban J connectivity index is 1.51. The van der Waals surface area contributed by atoms with Gasteiger partial charge in [0.25, 0.3) is 0 Å². The number of rotatable bonds is 5. The number of hydrogen-bond acceptors (Lipinski definition) is 5. The maximum Gasteiger partial charge on any atom is 0.241 e. The number of carbonyl (C=O) groups excluding carboxylic acids is 1. The maximum atomic E-state index is 14.0. The second-order valence-electron chi connectivity index (χ2n) is 7.58. The molecule has 140 valence electrons. The van der Waals surface area contributed by atoms with Crippen molar-refractivity contribution in [3.63, 3.8) is 0 Å². The van der Waals surface area contributed by atoms with E-state index in [4.69, 9.17) is 0 Å². The van der Waals surface area contributed by atoms with Crippen LogP contribution in [-0.4, -0.2) is 39.9 Å². The molecule has 1 saturated heterocycles. The largest absolute Gasteiger partial charge is 0.334 e. The summed E-state index contributed by atoms with van der Waals surface area (Å²) in [5, 5.41) is 11.2. The van der Waals surface area contributed by atoms with Crippen molar-refractivity contribution in [3.8, 4) is 0 Å². The summed E-state index contributed by atoms with van der Waals surface area (Å²) in [5.41, 5.74) is 6.71. The van der Waals surface area contributed by atoms with Crippen LogP contribution in [0.1, 0.15) is 37.7 Å². The molecule has 1 aromatic rings. The normalized spacial score (nSPS) is 30.7. The third-order valence-electron chi connectivity index (χ3n) is 5.86. The second-order valence-corrected chi connectivity index (χ2v) is 7.58. The summed E-state index contributed by atoms with van der Waals surface area (Å²) in [5.74, 6) is -0.499. The molecule has 0 radical (unpaired) electrons. The van der Waals surface area contributed by atoms with Gasteiger partial charge in [-0.15, -0.1) is 0 Å². The van der Waals surface area contributed by atoms with Gasteiger partial charge in [0, 0.05) is 47.9 Å². The lowest BCUT2D eigenvalue weighted by Crippen LogP contribution is -2.49. The van der Waals surface area contributed by atoms with E-state index in [0.29, 0.717) is 24.8 Å². The zero-order chi connectivity index (χ0) is 18.3. The smallest absolute Gasteiger partial charge is 0.241 e. The number of fused-ring (bicyclic) bond motifs is 1. The lowest BCUT2D eigenvalue weighted by Gasteiger charge is -2.31. The molecule has 3 fully saturated rings. The molecule has 1 heterocycles. The summed E-state index contributed by atoms with van der Waals surface area (Å²) < 4.78 is 14.0. The van der Waals surface area contributed by atoms with Crippen LogP contribution in [0.4, 0.5) is 4.39 Å². The first-order valence-corrected chi connectivity index (χ1v) is 9.23. The van der Waals surface area contributed by atoms with Crippen LogP contribution in [0.25, 0.3) is 0 Å². The molecule has 4 atom stereocenters. The predicted molar refractivity (Wildman–Crippen MR) is 91.9 cm³/mol. The van der Waals surface area contributed by atoms with Gasteiger partial charge in [-0.05, 0) is 25.3 Å². The lowest BCUT2D eigenvalue weighted by atomic mass is 9.79. The van der Waals surface area contributed by atoms with Crippen molar-refractivity contribution in [2.75, 3.05) is 0 Å². The first-order chi connectivity index (χ1) is 12.5. The summed E-state index contributed by atoms with van der Waals surface area (Å²) >= 11 is 0. The van der Waals surface area contributed by atoms with Gasteiger partial charge in [0.1, 0.15) is 11.9 Å². The molecule has 2 aliphatic carbocycles. The van der Waals surface area contributed by atoms with Crippen molar-refractivity contribution >= 4 is 5.91 Å². The average Bonchev–Trinajstić information content (AvgIpc) is 3.38. The van der Waals surface area contributed by atoms with Gasteiger partial charge in [0.15, 0.2) is 0 Å². The van der Waals surface area contributed by atoms with Gasteiger partial charge in [-0.25, -0.2) is 9.82 Å². The van der Waals surface area contributed by atoms with E-state index in [1.165, 1.54) is 6.07 Å². The molecular weight excluding hydrogens is 339 g/mol. The van der Waals surface area contributed by atoms with Gasteiger partial charge in [-0.2, -0.15) is 0 Å². The molecule has 4 unspecified atom stereocenters. The monoisotopic (exact) mass is 362 g/mol. The first kappa shape index (κ1) is 17.4. The molecule has 0 spiro atoms. The van der Waals surface area contributed by atoms with E-state index in [9.17, 15) is 19.3 Å². The van der Waals surface area contributed by atoms with Crippen LogP contribution in [0.3, 0.4) is 0 Å². The Kier molecular flexibility index (Phi) is 4.62. The van der Waals surface area contributed by atoms with Gasteiger partial charge in [0.2, 0.25) is 11.9 Å². The highest BCUT2D eigenvalue weighted by molar-refractivity contribution is 5.83. The Morgan fingerprint density at radius 2 is 2.00 bits per heavy atom. The minimum Gasteiger partial charge on any atom is -0.334 e. The van der Waals surface area contributed by atoms with Crippen LogP contribution in [-0.2, 0) is 11.3 Å². The van der Waals surface area contributed by atoms with Crippen LogP contribution in [0.15, 0.2) is 24.3 Å². The maximum absolute atomic E-state index is 14.0. The Labute approximate surface area is 151 Å². The van der Waals surface area contributed by atoms with E-state index >= 15 is 0 Å². The number of benzene rings is 1. The van der Waals surface area contributed by atoms with Crippen molar-refractivity contribution in [3.05, 3.63) is 45.8 Å². The summed E-state index contributed by atoms with van der Waals surface area (Å²) in [6.07, 6.45) is 3.46. The highest BCUT2D eigenvalue weighted by Crippen LogP contribution is 2.35. The molecule has 3 aliphatic rings. The highest BCUT2D eigenvalue weighted by Gasteiger charge is 2.49. The molecule has 1 aliphatic heterocycles. The minimum absolute atomic E-state index is 0.0784. The number of amides is 1. The highest BCUT2D eigenvalue weighted by atomic mass is 19.1. The van der Waals surface area contributed by atoms with E-state index in [0.717, 1.165) is 12.8 Å². The summed E-state index contributed by atoms with van der Waals surface area (Å²) in [4.78, 5) is 25.9. The fourth-order valence-electron chi connectivity index (χ4n) is 4.23. The Morgan fingerprint density at radius 3 is 2.69 bits per heavy atom. The van der Waals surface area contributed by atoms with Crippen LogP contribution in [0.5, 0.6) is 0 Å². The lowest BCUT2D eigenvalue weighted by molar-refractivity contribution is -0.528. The van der Waals surface area contributed by atoms with Gasteiger partial charge in [-0.3, -0.25) is 20.3 Å². The Morgan fingerprint density at radius 1 is 1.23 bits per heavy atom. The summed E-state index contributed by atoms with van der Waals surface area (Å²) in [6.45, 7) is 0.240. The number of nitrogens with one attached hydrogen (secondary N) is 2. The number of nitrogens with zero attached hydrogens (tertiary/aromatic N) is 2. The standard InChI is InChI=1S/C18H23FN4O3/c19-15-4-2-1-3-11(15)10-22(12-5-6-12)18(24)17-14-9-13(23(25)26)7-8-16(14)20-21-17/h1-4,12-14,16-17,20-21H,5-10H2. The summed E-state index contributed by atoms with van der Waals surface area (Å²) in [6, 6.07) is 5.64. The third kappa shape index (κ3) is 3.31. The van der Waals surface area contributed by atoms with Crippen molar-refractivity contribution < 1.29 is 14.1 Å². The number of hydrazine groups is 1. The molecule has 26 heavy (non-hydrogen) atoms. The zero-order valence-electron chi connectivity index (χ0n) is 14.4. The number of nitro groups is 1. The molecule has 2 saturated carbocycles. The molecule has 2 N–H and O–H groups in total. The van der Waals surface area contributed by atoms with E-state index in [-0.39, 0.29) is 41.2 Å². The predicted octanol–water partition coefficient (Wildman–Crippen LogP) is 1.61. The van der Waals surface area contributed by atoms with Crippen molar-refractivity contribution in [1.29, 1.82) is 0 Å². The minimum atomic E-state index is -0.589.